The first kappa shape index (κ1) is 13.2. The first-order chi connectivity index (χ1) is 9.58. The first-order valence-corrected chi connectivity index (χ1v) is 6.62. The van der Waals surface area contributed by atoms with E-state index in [2.05, 4.69) is 15.5 Å². The molecule has 0 aliphatic carbocycles. The quantitative estimate of drug-likeness (QED) is 0.875. The van der Waals surface area contributed by atoms with Crippen LogP contribution in [0.4, 0.5) is 4.39 Å². The van der Waals surface area contributed by atoms with Gasteiger partial charge < -0.3 is 14.9 Å². The van der Waals surface area contributed by atoms with E-state index in [1.807, 2.05) is 0 Å². The summed E-state index contributed by atoms with van der Waals surface area (Å²) in [6.45, 7) is 3.11. The lowest BCUT2D eigenvalue weighted by molar-refractivity contribution is -0.0228. The number of hydrogen-bond acceptors (Lipinski definition) is 5. The van der Waals surface area contributed by atoms with Gasteiger partial charge in [-0.2, -0.15) is 4.98 Å². The standard InChI is InChI=1S/C14H16FN3O2/c1-9-8-10(2-3-11(9)15)12-17-13(20-18-12)14(19)4-6-16-7-5-14/h2-3,8,16,19H,4-7H2,1H3. The highest BCUT2D eigenvalue weighted by Crippen LogP contribution is 2.30. The summed E-state index contributed by atoms with van der Waals surface area (Å²) in [5, 5.41) is 17.6. The largest absolute Gasteiger partial charge is 0.380 e. The van der Waals surface area contributed by atoms with Crippen LogP contribution in [0.2, 0.25) is 0 Å². The molecule has 1 aliphatic rings. The monoisotopic (exact) mass is 277 g/mol. The van der Waals surface area contributed by atoms with Crippen LogP contribution < -0.4 is 5.32 Å². The zero-order chi connectivity index (χ0) is 14.2. The van der Waals surface area contributed by atoms with Crippen LogP contribution >= 0.6 is 0 Å². The van der Waals surface area contributed by atoms with Gasteiger partial charge in [0.15, 0.2) is 0 Å². The fourth-order valence-electron chi connectivity index (χ4n) is 2.37. The third-order valence-corrected chi connectivity index (χ3v) is 3.67. The van der Waals surface area contributed by atoms with Crippen LogP contribution in [0.3, 0.4) is 0 Å². The van der Waals surface area contributed by atoms with E-state index in [0.29, 0.717) is 42.9 Å². The molecule has 0 radical (unpaired) electrons. The zero-order valence-electron chi connectivity index (χ0n) is 11.2. The van der Waals surface area contributed by atoms with Crippen LogP contribution in [0, 0.1) is 12.7 Å². The maximum absolute atomic E-state index is 13.3. The third-order valence-electron chi connectivity index (χ3n) is 3.67. The molecule has 2 aromatic rings. The number of aryl methyl sites for hydroxylation is 1. The average Bonchev–Trinajstić information content (AvgIpc) is 2.93. The number of rotatable bonds is 2. The highest BCUT2D eigenvalue weighted by molar-refractivity contribution is 5.55. The van der Waals surface area contributed by atoms with Crippen LogP contribution in [0.15, 0.2) is 22.7 Å². The first-order valence-electron chi connectivity index (χ1n) is 6.62. The van der Waals surface area contributed by atoms with Crippen LogP contribution in [-0.4, -0.2) is 28.3 Å². The van der Waals surface area contributed by atoms with E-state index in [0.717, 1.165) is 0 Å². The molecule has 2 N–H and O–H groups in total. The highest BCUT2D eigenvalue weighted by atomic mass is 19.1. The van der Waals surface area contributed by atoms with Crippen molar-refractivity contribution in [3.63, 3.8) is 0 Å². The summed E-state index contributed by atoms with van der Waals surface area (Å²) >= 11 is 0. The molecule has 2 heterocycles. The Morgan fingerprint density at radius 2 is 2.10 bits per heavy atom. The smallest absolute Gasteiger partial charge is 0.259 e. The van der Waals surface area contributed by atoms with Crippen molar-refractivity contribution >= 4 is 0 Å². The second-order valence-electron chi connectivity index (χ2n) is 5.17. The van der Waals surface area contributed by atoms with E-state index in [4.69, 9.17) is 4.52 Å². The van der Waals surface area contributed by atoms with E-state index in [1.165, 1.54) is 6.07 Å². The number of piperidine rings is 1. The number of nitrogens with one attached hydrogen (secondary N) is 1. The Balaban J connectivity index is 1.91. The van der Waals surface area contributed by atoms with Gasteiger partial charge in [-0.25, -0.2) is 4.39 Å². The normalized spacial score (nSPS) is 18.1. The molecule has 0 bridgehead atoms. The van der Waals surface area contributed by atoms with Crippen molar-refractivity contribution in [1.29, 1.82) is 0 Å². The molecule has 6 heteroatoms. The Morgan fingerprint density at radius 3 is 2.80 bits per heavy atom. The molecule has 1 aromatic heterocycles. The molecular weight excluding hydrogens is 261 g/mol. The van der Waals surface area contributed by atoms with Crippen LogP contribution in [-0.2, 0) is 5.60 Å². The van der Waals surface area contributed by atoms with E-state index >= 15 is 0 Å². The summed E-state index contributed by atoms with van der Waals surface area (Å²) in [6, 6.07) is 4.64. The van der Waals surface area contributed by atoms with Crippen molar-refractivity contribution in [2.45, 2.75) is 25.4 Å². The molecule has 3 rings (SSSR count). The Hall–Kier alpha value is -1.79. The van der Waals surface area contributed by atoms with Crippen molar-refractivity contribution in [2.24, 2.45) is 0 Å². The minimum Gasteiger partial charge on any atom is -0.380 e. The van der Waals surface area contributed by atoms with Crippen molar-refractivity contribution < 1.29 is 14.0 Å². The van der Waals surface area contributed by atoms with Crippen molar-refractivity contribution in [3.05, 3.63) is 35.5 Å². The van der Waals surface area contributed by atoms with Crippen molar-refractivity contribution in [3.8, 4) is 11.4 Å². The van der Waals surface area contributed by atoms with E-state index in [1.54, 1.807) is 19.1 Å². The molecule has 0 unspecified atom stereocenters. The van der Waals surface area contributed by atoms with Crippen molar-refractivity contribution in [1.82, 2.24) is 15.5 Å². The second kappa shape index (κ2) is 4.96. The van der Waals surface area contributed by atoms with Gasteiger partial charge in [0.25, 0.3) is 5.89 Å². The summed E-state index contributed by atoms with van der Waals surface area (Å²) in [6.07, 6.45) is 1.08. The number of aliphatic hydroxyl groups is 1. The highest BCUT2D eigenvalue weighted by Gasteiger charge is 2.37. The molecule has 0 spiro atoms. The Labute approximate surface area is 115 Å². The topological polar surface area (TPSA) is 71.2 Å². The van der Waals surface area contributed by atoms with Gasteiger partial charge in [0.05, 0.1) is 0 Å². The number of halogens is 1. The molecule has 20 heavy (non-hydrogen) atoms. The fourth-order valence-corrected chi connectivity index (χ4v) is 2.37. The maximum atomic E-state index is 13.3. The molecule has 106 valence electrons. The summed E-state index contributed by atoms with van der Waals surface area (Å²) in [5.74, 6) is 0.334. The lowest BCUT2D eigenvalue weighted by Gasteiger charge is -2.28. The fraction of sp³-hybridized carbons (Fsp3) is 0.429. The number of nitrogens with zero attached hydrogens (tertiary/aromatic N) is 2. The minimum atomic E-state index is -1.06. The number of aromatic nitrogens is 2. The third kappa shape index (κ3) is 2.32. The van der Waals surface area contributed by atoms with Crippen LogP contribution in [0.1, 0.15) is 24.3 Å². The van der Waals surface area contributed by atoms with Crippen LogP contribution in [0.25, 0.3) is 11.4 Å². The zero-order valence-corrected chi connectivity index (χ0v) is 11.2. The Bertz CT molecular complexity index is 621. The summed E-state index contributed by atoms with van der Waals surface area (Å²) < 4.78 is 18.5. The molecule has 0 saturated carbocycles. The van der Waals surface area contributed by atoms with Gasteiger partial charge in [-0.15, -0.1) is 0 Å². The maximum Gasteiger partial charge on any atom is 0.259 e. The van der Waals surface area contributed by atoms with Gasteiger partial charge in [0.2, 0.25) is 5.82 Å². The minimum absolute atomic E-state index is 0.232. The summed E-state index contributed by atoms with van der Waals surface area (Å²) in [4.78, 5) is 4.27. The van der Waals surface area contributed by atoms with E-state index < -0.39 is 5.60 Å². The molecule has 1 saturated heterocycles. The molecule has 0 atom stereocenters. The van der Waals surface area contributed by atoms with Gasteiger partial charge in [0.1, 0.15) is 11.4 Å². The number of hydrogen-bond donors (Lipinski definition) is 2. The van der Waals surface area contributed by atoms with Gasteiger partial charge in [0, 0.05) is 5.56 Å². The summed E-state index contributed by atoms with van der Waals surface area (Å²) in [7, 11) is 0. The second-order valence-corrected chi connectivity index (χ2v) is 5.17. The molecule has 5 nitrogen and oxygen atoms in total. The van der Waals surface area contributed by atoms with Gasteiger partial charge in [-0.3, -0.25) is 0 Å². The molecule has 1 aliphatic heterocycles. The molecular formula is C14H16FN3O2. The number of benzene rings is 1. The molecule has 0 amide bonds. The Morgan fingerprint density at radius 1 is 1.35 bits per heavy atom. The lowest BCUT2D eigenvalue weighted by Crippen LogP contribution is -2.39. The van der Waals surface area contributed by atoms with Gasteiger partial charge in [-0.05, 0) is 56.6 Å². The molecule has 1 aromatic carbocycles. The predicted octanol–water partition coefficient (Wildman–Crippen LogP) is 1.76. The van der Waals surface area contributed by atoms with Gasteiger partial charge >= 0.3 is 0 Å². The summed E-state index contributed by atoms with van der Waals surface area (Å²) in [5.41, 5.74) is 0.136. The lowest BCUT2D eigenvalue weighted by atomic mass is 9.92. The van der Waals surface area contributed by atoms with E-state index in [-0.39, 0.29) is 11.7 Å². The average molecular weight is 277 g/mol. The Kier molecular flexibility index (Phi) is 3.27. The predicted molar refractivity (Wildman–Crippen MR) is 70.4 cm³/mol. The van der Waals surface area contributed by atoms with Crippen LogP contribution in [0.5, 0.6) is 0 Å². The molecule has 1 fully saturated rings. The SMILES string of the molecule is Cc1cc(-c2noc(C3(O)CCNCC3)n2)ccc1F. The van der Waals surface area contributed by atoms with Gasteiger partial charge in [-0.1, -0.05) is 5.16 Å². The van der Waals surface area contributed by atoms with Crippen molar-refractivity contribution in [2.75, 3.05) is 13.1 Å². The van der Waals surface area contributed by atoms with E-state index in [9.17, 15) is 9.50 Å².